The molecule has 2 aliphatic rings. The molecule has 3 aromatic rings. The van der Waals surface area contributed by atoms with E-state index in [1.165, 1.54) is 6.07 Å². The van der Waals surface area contributed by atoms with Crippen molar-refractivity contribution in [2.75, 3.05) is 20.8 Å². The summed E-state index contributed by atoms with van der Waals surface area (Å²) in [7, 11) is 3.17. The molecule has 1 aliphatic carbocycles. The number of ether oxygens (including phenoxy) is 4. The molecule has 42 heavy (non-hydrogen) atoms. The van der Waals surface area contributed by atoms with Gasteiger partial charge in [0.25, 0.3) is 0 Å². The number of benzene rings is 3. The minimum absolute atomic E-state index is 0.0128. The van der Waals surface area contributed by atoms with Gasteiger partial charge in [-0.05, 0) is 67.1 Å². The van der Waals surface area contributed by atoms with Gasteiger partial charge in [0.15, 0.2) is 28.8 Å². The molecule has 0 saturated heterocycles. The molecule has 0 radical (unpaired) electrons. The van der Waals surface area contributed by atoms with Crippen LogP contribution in [0, 0.1) is 0 Å². The molecule has 1 aliphatic heterocycles. The van der Waals surface area contributed by atoms with Gasteiger partial charge in [0, 0.05) is 29.3 Å². The van der Waals surface area contributed by atoms with Crippen molar-refractivity contribution in [3.05, 3.63) is 106 Å². The van der Waals surface area contributed by atoms with Crippen LogP contribution in [0.2, 0.25) is 0 Å². The molecule has 2 unspecified atom stereocenters. The molecule has 0 aromatic heterocycles. The number of methoxy groups -OCH3 is 2. The molecule has 218 valence electrons. The third-order valence-corrected chi connectivity index (χ3v) is 7.76. The Kier molecular flexibility index (Phi) is 8.52. The number of Topliss-reactive ketones (excluding diaryl/α,β-unsaturated/α-hetero) is 1. The molecule has 0 fully saturated rings. The van der Waals surface area contributed by atoms with E-state index < -0.39 is 11.9 Å². The van der Waals surface area contributed by atoms with Crippen molar-refractivity contribution >= 4 is 11.8 Å². The number of phenolic OH excluding ortho intramolecular Hbond substituents is 1. The minimum atomic E-state index is -0.691. The van der Waals surface area contributed by atoms with Crippen LogP contribution < -0.4 is 19.5 Å². The highest BCUT2D eigenvalue weighted by molar-refractivity contribution is 6.04. The minimum Gasteiger partial charge on any atom is -0.504 e. The molecule has 0 saturated carbocycles. The van der Waals surface area contributed by atoms with Gasteiger partial charge in [0.1, 0.15) is 6.61 Å². The summed E-state index contributed by atoms with van der Waals surface area (Å²) in [5, 5.41) is 13.8. The fourth-order valence-corrected chi connectivity index (χ4v) is 5.77. The number of aromatic hydroxyl groups is 1. The van der Waals surface area contributed by atoms with Crippen molar-refractivity contribution in [1.29, 1.82) is 0 Å². The van der Waals surface area contributed by atoms with E-state index in [4.69, 9.17) is 18.9 Å². The number of hydrogen-bond acceptors (Lipinski definition) is 8. The second-order valence-corrected chi connectivity index (χ2v) is 10.4. The lowest BCUT2D eigenvalue weighted by molar-refractivity contribution is -0.140. The van der Waals surface area contributed by atoms with Gasteiger partial charge in [-0.1, -0.05) is 42.5 Å². The topological polar surface area (TPSA) is 103 Å². The number of allylic oxidation sites excluding steroid dienone is 3. The number of rotatable bonds is 9. The first kappa shape index (κ1) is 28.8. The van der Waals surface area contributed by atoms with Crippen LogP contribution in [0.15, 0.2) is 89.3 Å². The maximum atomic E-state index is 14.0. The molecule has 5 rings (SSSR count). The molecular formula is C34H35NO7. The van der Waals surface area contributed by atoms with E-state index >= 15 is 0 Å². The first-order chi connectivity index (χ1) is 20.3. The van der Waals surface area contributed by atoms with Crippen molar-refractivity contribution in [1.82, 2.24) is 5.32 Å². The van der Waals surface area contributed by atoms with Gasteiger partial charge in [0.05, 0.1) is 26.4 Å². The second-order valence-electron chi connectivity index (χ2n) is 10.4. The van der Waals surface area contributed by atoms with E-state index in [-0.39, 0.29) is 36.2 Å². The first-order valence-electron chi connectivity index (χ1n) is 14.0. The van der Waals surface area contributed by atoms with E-state index in [1.807, 2.05) is 62.4 Å². The summed E-state index contributed by atoms with van der Waals surface area (Å²) in [6, 6.07) is 20.1. The highest BCUT2D eigenvalue weighted by Gasteiger charge is 2.42. The molecule has 0 amide bonds. The summed E-state index contributed by atoms with van der Waals surface area (Å²) in [4.78, 5) is 27.7. The quantitative estimate of drug-likeness (QED) is 0.307. The van der Waals surface area contributed by atoms with E-state index in [0.717, 1.165) is 16.8 Å². The lowest BCUT2D eigenvalue weighted by atomic mass is 9.71. The summed E-state index contributed by atoms with van der Waals surface area (Å²) in [6.07, 6.45) is 0.821. The largest absolute Gasteiger partial charge is 0.504 e. The molecule has 8 nitrogen and oxygen atoms in total. The third kappa shape index (κ3) is 5.70. The monoisotopic (exact) mass is 569 g/mol. The SMILES string of the molecule is CCOc1cc(C2C(C(=O)OCc3ccccc3)=C(C)NC3=C2C(=O)CC(c2ccc(OC)c(OC)c2)C3)ccc1O. The molecular weight excluding hydrogens is 534 g/mol. The van der Waals surface area contributed by atoms with Gasteiger partial charge < -0.3 is 29.4 Å². The van der Waals surface area contributed by atoms with Gasteiger partial charge in [-0.15, -0.1) is 0 Å². The van der Waals surface area contributed by atoms with Crippen molar-refractivity contribution in [2.24, 2.45) is 0 Å². The van der Waals surface area contributed by atoms with Gasteiger partial charge in [-0.2, -0.15) is 0 Å². The summed E-state index contributed by atoms with van der Waals surface area (Å²) >= 11 is 0. The molecule has 2 N–H and O–H groups in total. The van der Waals surface area contributed by atoms with Crippen LogP contribution >= 0.6 is 0 Å². The zero-order chi connectivity index (χ0) is 29.8. The Morgan fingerprint density at radius 3 is 2.36 bits per heavy atom. The van der Waals surface area contributed by atoms with Crippen LogP contribution in [-0.4, -0.2) is 37.7 Å². The van der Waals surface area contributed by atoms with Gasteiger partial charge in [0.2, 0.25) is 0 Å². The Hall–Kier alpha value is -4.72. The smallest absolute Gasteiger partial charge is 0.337 e. The van der Waals surface area contributed by atoms with Crippen molar-refractivity contribution < 1.29 is 33.6 Å². The van der Waals surface area contributed by atoms with Crippen molar-refractivity contribution in [3.63, 3.8) is 0 Å². The summed E-state index contributed by atoms with van der Waals surface area (Å²) in [6.45, 7) is 4.10. The van der Waals surface area contributed by atoms with Crippen LogP contribution in [0.1, 0.15) is 55.2 Å². The number of phenols is 1. The molecule has 8 heteroatoms. The second kappa shape index (κ2) is 12.4. The predicted octanol–water partition coefficient (Wildman–Crippen LogP) is 5.91. The van der Waals surface area contributed by atoms with Crippen LogP contribution in [-0.2, 0) is 20.9 Å². The highest BCUT2D eigenvalue weighted by Crippen LogP contribution is 2.47. The zero-order valence-corrected chi connectivity index (χ0v) is 24.2. The fourth-order valence-electron chi connectivity index (χ4n) is 5.77. The Bertz CT molecular complexity index is 1560. The standard InChI is InChI=1S/C34H35NO7/c1-5-41-29-18-23(11-13-26(29)36)32-31(34(38)42-19-21-9-7-6-8-10-21)20(2)35-25-15-24(16-27(37)33(25)32)22-12-14-28(39-3)30(17-22)40-4/h6-14,17-18,24,32,35-36H,5,15-16,19H2,1-4H3. The zero-order valence-electron chi connectivity index (χ0n) is 24.2. The number of carbonyl (C=O) groups excluding carboxylic acids is 2. The number of dihydropyridines is 1. The van der Waals surface area contributed by atoms with Gasteiger partial charge in [-0.3, -0.25) is 4.79 Å². The molecule has 1 heterocycles. The van der Waals surface area contributed by atoms with Crippen LogP contribution in [0.4, 0.5) is 0 Å². The first-order valence-corrected chi connectivity index (χ1v) is 14.0. The summed E-state index contributed by atoms with van der Waals surface area (Å²) < 4.78 is 22.3. The number of nitrogens with one attached hydrogen (secondary N) is 1. The lowest BCUT2D eigenvalue weighted by Crippen LogP contribution is -2.36. The van der Waals surface area contributed by atoms with Crippen molar-refractivity contribution in [3.8, 4) is 23.0 Å². The number of esters is 1. The Morgan fingerprint density at radius 2 is 1.64 bits per heavy atom. The Labute approximate surface area is 245 Å². The van der Waals surface area contributed by atoms with Crippen LogP contribution in [0.25, 0.3) is 0 Å². The Morgan fingerprint density at radius 1 is 0.929 bits per heavy atom. The highest BCUT2D eigenvalue weighted by atomic mass is 16.5. The van der Waals surface area contributed by atoms with E-state index in [1.54, 1.807) is 26.4 Å². The summed E-state index contributed by atoms with van der Waals surface area (Å²) in [5.41, 5.74) is 4.74. The van der Waals surface area contributed by atoms with Crippen molar-refractivity contribution in [2.45, 2.75) is 45.1 Å². The maximum absolute atomic E-state index is 14.0. The van der Waals surface area contributed by atoms with E-state index in [0.29, 0.717) is 46.9 Å². The van der Waals surface area contributed by atoms with Crippen LogP contribution in [0.5, 0.6) is 23.0 Å². The molecule has 0 spiro atoms. The van der Waals surface area contributed by atoms with Crippen LogP contribution in [0.3, 0.4) is 0 Å². The number of carbonyl (C=O) groups is 2. The van der Waals surface area contributed by atoms with Gasteiger partial charge >= 0.3 is 5.97 Å². The average molecular weight is 570 g/mol. The predicted molar refractivity (Wildman–Crippen MR) is 158 cm³/mol. The maximum Gasteiger partial charge on any atom is 0.337 e. The van der Waals surface area contributed by atoms with Gasteiger partial charge in [-0.25, -0.2) is 4.79 Å². The Balaban J connectivity index is 1.54. The van der Waals surface area contributed by atoms with E-state index in [9.17, 15) is 14.7 Å². The van der Waals surface area contributed by atoms with E-state index in [2.05, 4.69) is 5.32 Å². The number of hydrogen-bond donors (Lipinski definition) is 2. The summed E-state index contributed by atoms with van der Waals surface area (Å²) in [5.74, 6) is 0.128. The molecule has 2 atom stereocenters. The lowest BCUT2D eigenvalue weighted by Gasteiger charge is -2.37. The average Bonchev–Trinajstić information content (AvgIpc) is 3.00. The molecule has 0 bridgehead atoms. The third-order valence-electron chi connectivity index (χ3n) is 7.76. The molecule has 3 aromatic carbocycles. The fraction of sp³-hybridized carbons (Fsp3) is 0.294. The number of ketones is 1. The normalized spacial score (nSPS) is 18.2.